The quantitative estimate of drug-likeness (QED) is 0.174. The summed E-state index contributed by atoms with van der Waals surface area (Å²) in [5.41, 5.74) is 0.574. The van der Waals surface area contributed by atoms with E-state index in [0.29, 0.717) is 47.0 Å². The predicted octanol–water partition coefficient (Wildman–Crippen LogP) is 7.98. The smallest absolute Gasteiger partial charge is 0.424 e. The zero-order valence-electron chi connectivity index (χ0n) is 22.8. The Bertz CT molecular complexity index is 1760. The zero-order valence-corrected chi connectivity index (χ0v) is 22.8. The molecule has 3 heterocycles. The van der Waals surface area contributed by atoms with E-state index in [1.165, 1.54) is 25.4 Å². The number of ether oxygens (including phenoxy) is 1. The summed E-state index contributed by atoms with van der Waals surface area (Å²) in [6.45, 7) is 1.84. The van der Waals surface area contributed by atoms with Gasteiger partial charge < -0.3 is 24.5 Å². The molecule has 0 saturated heterocycles. The van der Waals surface area contributed by atoms with Crippen LogP contribution in [0.3, 0.4) is 0 Å². The van der Waals surface area contributed by atoms with Gasteiger partial charge in [-0.25, -0.2) is 19.3 Å². The lowest BCUT2D eigenvalue weighted by Gasteiger charge is -2.19. The SMILES string of the molecule is CCC(Nc1nc2ccc(Nc3cc(C(F)(F)F)n(C)c3)cc2n1C)c1ccc(Oc2ncc(C(F)(F)F)cn2)cc1F. The van der Waals surface area contributed by atoms with E-state index in [1.807, 2.05) is 6.92 Å². The zero-order chi connectivity index (χ0) is 31.1. The van der Waals surface area contributed by atoms with Crippen molar-refractivity contribution in [1.29, 1.82) is 0 Å². The van der Waals surface area contributed by atoms with E-state index in [0.717, 1.165) is 16.7 Å². The van der Waals surface area contributed by atoms with Crippen LogP contribution in [0.2, 0.25) is 0 Å². The number of fused-ring (bicyclic) bond motifs is 1. The fourth-order valence-corrected chi connectivity index (χ4v) is 4.51. The lowest BCUT2D eigenvalue weighted by molar-refractivity contribution is -0.143. The molecule has 0 aliphatic heterocycles. The summed E-state index contributed by atoms with van der Waals surface area (Å²) in [5.74, 6) is -0.203. The summed E-state index contributed by atoms with van der Waals surface area (Å²) in [5, 5.41) is 6.20. The summed E-state index contributed by atoms with van der Waals surface area (Å²) in [6.07, 6.45) is -6.12. The van der Waals surface area contributed by atoms with Crippen LogP contribution in [0.15, 0.2) is 61.1 Å². The highest BCUT2D eigenvalue weighted by Gasteiger charge is 2.34. The molecule has 0 saturated carbocycles. The number of nitrogens with one attached hydrogen (secondary N) is 2. The molecule has 0 radical (unpaired) electrons. The van der Waals surface area contributed by atoms with Crippen molar-refractivity contribution in [2.75, 3.05) is 10.6 Å². The second-order valence-corrected chi connectivity index (χ2v) is 9.69. The summed E-state index contributed by atoms with van der Waals surface area (Å²) in [6, 6.07) is 9.30. The number of aromatic nitrogens is 5. The Hall–Kier alpha value is -4.82. The van der Waals surface area contributed by atoms with Gasteiger partial charge in [-0.1, -0.05) is 13.0 Å². The van der Waals surface area contributed by atoms with Gasteiger partial charge in [-0.2, -0.15) is 26.3 Å². The highest BCUT2D eigenvalue weighted by atomic mass is 19.4. The molecule has 0 bridgehead atoms. The van der Waals surface area contributed by atoms with Gasteiger partial charge in [0, 0.05) is 50.0 Å². The summed E-state index contributed by atoms with van der Waals surface area (Å²) in [4.78, 5) is 11.6. The van der Waals surface area contributed by atoms with Crippen LogP contribution < -0.4 is 15.4 Å². The Morgan fingerprint density at radius 1 is 0.907 bits per heavy atom. The van der Waals surface area contributed by atoms with Crippen LogP contribution in [-0.2, 0) is 26.4 Å². The van der Waals surface area contributed by atoms with Gasteiger partial charge in [0.1, 0.15) is 17.3 Å². The third-order valence-electron chi connectivity index (χ3n) is 6.69. The number of aryl methyl sites for hydroxylation is 2. The molecule has 8 nitrogen and oxygen atoms in total. The van der Waals surface area contributed by atoms with Crippen LogP contribution in [0.5, 0.6) is 11.8 Å². The number of alkyl halides is 6. The lowest BCUT2D eigenvalue weighted by Crippen LogP contribution is -2.14. The number of hydrogen-bond donors (Lipinski definition) is 2. The molecular weight excluding hydrogens is 583 g/mol. The van der Waals surface area contributed by atoms with Crippen molar-refractivity contribution in [1.82, 2.24) is 24.1 Å². The average Bonchev–Trinajstić information content (AvgIpc) is 3.46. The Morgan fingerprint density at radius 2 is 1.63 bits per heavy atom. The van der Waals surface area contributed by atoms with Gasteiger partial charge in [-0.05, 0) is 36.8 Å². The van der Waals surface area contributed by atoms with E-state index in [2.05, 4.69) is 25.6 Å². The minimum atomic E-state index is -4.60. The summed E-state index contributed by atoms with van der Waals surface area (Å²) >= 11 is 0. The third-order valence-corrected chi connectivity index (χ3v) is 6.69. The van der Waals surface area contributed by atoms with E-state index >= 15 is 4.39 Å². The maximum Gasteiger partial charge on any atom is 0.431 e. The number of imidazole rings is 1. The first-order chi connectivity index (χ1) is 20.2. The number of hydrogen-bond acceptors (Lipinski definition) is 6. The van der Waals surface area contributed by atoms with Crippen LogP contribution in [0.4, 0.5) is 48.1 Å². The molecule has 43 heavy (non-hydrogen) atoms. The van der Waals surface area contributed by atoms with Gasteiger partial charge >= 0.3 is 18.4 Å². The second kappa shape index (κ2) is 11.1. The van der Waals surface area contributed by atoms with Gasteiger partial charge in [-0.15, -0.1) is 0 Å². The molecule has 0 aliphatic rings. The molecule has 0 aliphatic carbocycles. The minimum absolute atomic E-state index is 0.000563. The van der Waals surface area contributed by atoms with Crippen LogP contribution in [0, 0.1) is 5.82 Å². The molecule has 0 spiro atoms. The van der Waals surface area contributed by atoms with E-state index < -0.39 is 35.5 Å². The number of rotatable bonds is 8. The maximum atomic E-state index is 15.2. The Kier molecular flexibility index (Phi) is 7.67. The van der Waals surface area contributed by atoms with E-state index in [1.54, 1.807) is 29.8 Å². The molecule has 1 unspecified atom stereocenters. The average molecular weight is 608 g/mol. The molecule has 1 atom stereocenters. The van der Waals surface area contributed by atoms with Crippen molar-refractivity contribution in [2.24, 2.45) is 14.1 Å². The van der Waals surface area contributed by atoms with Crippen molar-refractivity contribution in [2.45, 2.75) is 31.7 Å². The number of halogens is 7. The molecule has 0 amide bonds. The molecule has 5 aromatic rings. The van der Waals surface area contributed by atoms with Crippen molar-refractivity contribution in [3.8, 4) is 11.8 Å². The van der Waals surface area contributed by atoms with Crippen LogP contribution in [0.1, 0.15) is 36.2 Å². The highest BCUT2D eigenvalue weighted by molar-refractivity contribution is 5.83. The van der Waals surface area contributed by atoms with Gasteiger partial charge in [0.05, 0.1) is 28.3 Å². The second-order valence-electron chi connectivity index (χ2n) is 9.69. The van der Waals surface area contributed by atoms with Gasteiger partial charge in [0.2, 0.25) is 5.95 Å². The fourth-order valence-electron chi connectivity index (χ4n) is 4.51. The number of nitrogens with zero attached hydrogens (tertiary/aromatic N) is 5. The third kappa shape index (κ3) is 6.34. The van der Waals surface area contributed by atoms with Gasteiger partial charge in [0.25, 0.3) is 0 Å². The number of benzene rings is 2. The summed E-state index contributed by atoms with van der Waals surface area (Å²) in [7, 11) is 3.06. The Balaban J connectivity index is 1.32. The Labute approximate surface area is 240 Å². The van der Waals surface area contributed by atoms with E-state index in [4.69, 9.17) is 4.74 Å². The van der Waals surface area contributed by atoms with Crippen LogP contribution in [-0.4, -0.2) is 24.1 Å². The molecule has 2 aromatic carbocycles. The maximum absolute atomic E-state index is 15.2. The normalized spacial score (nSPS) is 12.9. The molecule has 5 rings (SSSR count). The minimum Gasteiger partial charge on any atom is -0.424 e. The first-order valence-electron chi connectivity index (χ1n) is 12.8. The number of anilines is 3. The molecular formula is C28H24F7N7O. The van der Waals surface area contributed by atoms with Gasteiger partial charge in [0.15, 0.2) is 0 Å². The Morgan fingerprint density at radius 3 is 2.23 bits per heavy atom. The van der Waals surface area contributed by atoms with Crippen molar-refractivity contribution in [3.63, 3.8) is 0 Å². The fraction of sp³-hybridized carbons (Fsp3) is 0.250. The van der Waals surface area contributed by atoms with Crippen molar-refractivity contribution >= 4 is 28.4 Å². The van der Waals surface area contributed by atoms with Gasteiger partial charge in [-0.3, -0.25) is 0 Å². The van der Waals surface area contributed by atoms with Crippen molar-refractivity contribution < 1.29 is 35.5 Å². The first-order valence-corrected chi connectivity index (χ1v) is 12.8. The molecule has 2 N–H and O–H groups in total. The lowest BCUT2D eigenvalue weighted by atomic mass is 10.0. The molecule has 226 valence electrons. The standard InChI is InChI=1S/C28H24F7N7O/c1-4-21(19-7-6-18(11-20(19)29)43-26-36-12-15(13-37-26)27(30,31)32)39-25-40-22-8-5-16(9-23(22)42(25)3)38-17-10-24(28(33,34)35)41(2)14-17/h5-14,21,38H,4H2,1-3H3,(H,39,40). The van der Waals surface area contributed by atoms with Crippen molar-refractivity contribution in [3.05, 3.63) is 83.7 Å². The monoisotopic (exact) mass is 607 g/mol. The summed E-state index contributed by atoms with van der Waals surface area (Å²) < 4.78 is 101. The molecule has 3 aromatic heterocycles. The molecule has 0 fully saturated rings. The first kappa shape index (κ1) is 29.7. The van der Waals surface area contributed by atoms with E-state index in [9.17, 15) is 26.3 Å². The largest absolute Gasteiger partial charge is 0.431 e. The predicted molar refractivity (Wildman–Crippen MR) is 145 cm³/mol. The topological polar surface area (TPSA) is 81.8 Å². The van der Waals surface area contributed by atoms with E-state index in [-0.39, 0.29) is 17.4 Å². The van der Waals surface area contributed by atoms with Crippen LogP contribution in [0.25, 0.3) is 11.0 Å². The van der Waals surface area contributed by atoms with Crippen LogP contribution >= 0.6 is 0 Å². The highest BCUT2D eigenvalue weighted by Crippen LogP contribution is 2.34. The molecule has 15 heteroatoms.